The monoisotopic (exact) mass is 327 g/mol. The van der Waals surface area contributed by atoms with Gasteiger partial charge in [0.1, 0.15) is 6.61 Å². The lowest BCUT2D eigenvalue weighted by Gasteiger charge is -2.17. The first-order chi connectivity index (χ1) is 11.7. The second-order valence-electron chi connectivity index (χ2n) is 5.29. The number of carbonyl (C=O) groups excluding carboxylic acids is 2. The molecule has 2 rings (SSSR count). The van der Waals surface area contributed by atoms with Crippen molar-refractivity contribution in [3.05, 3.63) is 71.8 Å². The molecule has 0 saturated carbocycles. The Morgan fingerprint density at radius 3 is 2.12 bits per heavy atom. The van der Waals surface area contributed by atoms with Gasteiger partial charge in [-0.1, -0.05) is 60.7 Å². The Bertz CT molecular complexity index is 643. The van der Waals surface area contributed by atoms with Crippen LogP contribution in [-0.2, 0) is 32.1 Å². The molecule has 0 aliphatic heterocycles. The smallest absolute Gasteiger partial charge is 0.348 e. The molecule has 0 aromatic heterocycles. The van der Waals surface area contributed by atoms with Crippen molar-refractivity contribution in [2.75, 3.05) is 13.6 Å². The Morgan fingerprint density at radius 1 is 0.958 bits per heavy atom. The fraction of sp³-hybridized carbons (Fsp3) is 0.263. The molecule has 0 heterocycles. The third kappa shape index (κ3) is 5.85. The van der Waals surface area contributed by atoms with Gasteiger partial charge in [-0.05, 0) is 18.2 Å². The van der Waals surface area contributed by atoms with Crippen LogP contribution in [-0.4, -0.2) is 31.6 Å². The molecule has 0 unspecified atom stereocenters. The Balaban J connectivity index is 2.00. The van der Waals surface area contributed by atoms with E-state index in [0.717, 1.165) is 11.1 Å². The van der Waals surface area contributed by atoms with E-state index in [1.54, 1.807) is 7.05 Å². The first-order valence-corrected chi connectivity index (χ1v) is 7.77. The number of esters is 2. The minimum atomic E-state index is -0.961. The predicted molar refractivity (Wildman–Crippen MR) is 90.2 cm³/mol. The van der Waals surface area contributed by atoms with Crippen molar-refractivity contribution in [3.63, 3.8) is 0 Å². The molecular formula is C19H21NO4. The van der Waals surface area contributed by atoms with Crippen molar-refractivity contribution in [1.82, 2.24) is 5.32 Å². The first-order valence-electron chi connectivity index (χ1n) is 7.77. The zero-order valence-corrected chi connectivity index (χ0v) is 13.6. The van der Waals surface area contributed by atoms with E-state index >= 15 is 0 Å². The standard InChI is InChI=1S/C19H21NO4/c1-20-13-18(21)24-17(12-15-8-4-2-5-9-15)19(22)23-14-16-10-6-3-7-11-16/h2-11,17,20H,12-14H2,1H3/t17-/m1/s1. The molecule has 0 spiro atoms. The van der Waals surface area contributed by atoms with E-state index in [1.807, 2.05) is 60.7 Å². The number of likely N-dealkylation sites (N-methyl/N-ethyl adjacent to an activating group) is 1. The van der Waals surface area contributed by atoms with Gasteiger partial charge in [0.25, 0.3) is 0 Å². The zero-order valence-electron chi connectivity index (χ0n) is 13.6. The van der Waals surface area contributed by atoms with Gasteiger partial charge >= 0.3 is 11.9 Å². The molecule has 5 heteroatoms. The number of nitrogens with one attached hydrogen (secondary N) is 1. The van der Waals surface area contributed by atoms with Crippen LogP contribution in [0.2, 0.25) is 0 Å². The highest BCUT2D eigenvalue weighted by Gasteiger charge is 2.24. The van der Waals surface area contributed by atoms with Gasteiger partial charge in [0.15, 0.2) is 0 Å². The van der Waals surface area contributed by atoms with Crippen molar-refractivity contribution < 1.29 is 19.1 Å². The molecule has 5 nitrogen and oxygen atoms in total. The Morgan fingerprint density at radius 2 is 1.54 bits per heavy atom. The number of carbonyl (C=O) groups is 2. The number of ether oxygens (including phenoxy) is 2. The summed E-state index contributed by atoms with van der Waals surface area (Å²) >= 11 is 0. The van der Waals surface area contributed by atoms with Gasteiger partial charge in [0, 0.05) is 6.42 Å². The van der Waals surface area contributed by atoms with E-state index in [9.17, 15) is 9.59 Å². The molecule has 0 aliphatic carbocycles. The number of hydrogen-bond acceptors (Lipinski definition) is 5. The van der Waals surface area contributed by atoms with Crippen LogP contribution >= 0.6 is 0 Å². The highest BCUT2D eigenvalue weighted by atomic mass is 16.6. The zero-order chi connectivity index (χ0) is 17.2. The van der Waals surface area contributed by atoms with Gasteiger partial charge in [-0.3, -0.25) is 4.79 Å². The molecule has 0 fully saturated rings. The number of hydrogen-bond donors (Lipinski definition) is 1. The average molecular weight is 327 g/mol. The van der Waals surface area contributed by atoms with Gasteiger partial charge in [-0.2, -0.15) is 0 Å². The second kappa shape index (κ2) is 9.47. The first kappa shape index (κ1) is 17.7. The summed E-state index contributed by atoms with van der Waals surface area (Å²) in [6.45, 7) is 0.186. The lowest BCUT2D eigenvalue weighted by Crippen LogP contribution is -2.34. The maximum Gasteiger partial charge on any atom is 0.348 e. The summed E-state index contributed by atoms with van der Waals surface area (Å²) in [7, 11) is 1.64. The second-order valence-corrected chi connectivity index (χ2v) is 5.29. The maximum absolute atomic E-state index is 12.3. The van der Waals surface area contributed by atoms with Crippen LogP contribution in [0.3, 0.4) is 0 Å². The van der Waals surface area contributed by atoms with Crippen molar-refractivity contribution in [1.29, 1.82) is 0 Å². The fourth-order valence-electron chi connectivity index (χ4n) is 2.17. The lowest BCUT2D eigenvalue weighted by atomic mass is 10.1. The largest absolute Gasteiger partial charge is 0.458 e. The summed E-state index contributed by atoms with van der Waals surface area (Å²) in [5.41, 5.74) is 1.78. The van der Waals surface area contributed by atoms with Crippen LogP contribution < -0.4 is 5.32 Å². The highest BCUT2D eigenvalue weighted by molar-refractivity contribution is 5.80. The van der Waals surface area contributed by atoms with E-state index in [1.165, 1.54) is 0 Å². The summed E-state index contributed by atoms with van der Waals surface area (Å²) in [4.78, 5) is 24.1. The van der Waals surface area contributed by atoms with E-state index in [-0.39, 0.29) is 19.6 Å². The molecule has 1 atom stereocenters. The van der Waals surface area contributed by atoms with Crippen LogP contribution in [0.1, 0.15) is 11.1 Å². The van der Waals surface area contributed by atoms with E-state index in [4.69, 9.17) is 9.47 Å². The summed E-state index contributed by atoms with van der Waals surface area (Å²) in [6, 6.07) is 18.8. The molecule has 0 bridgehead atoms. The molecule has 0 aliphatic rings. The summed E-state index contributed by atoms with van der Waals surface area (Å²) in [6.07, 6.45) is -0.679. The number of benzene rings is 2. The summed E-state index contributed by atoms with van der Waals surface area (Å²) in [5.74, 6) is -1.04. The van der Waals surface area contributed by atoms with Gasteiger partial charge in [0.05, 0.1) is 6.54 Å². The van der Waals surface area contributed by atoms with Gasteiger partial charge in [-0.15, -0.1) is 0 Å². The lowest BCUT2D eigenvalue weighted by molar-refractivity contribution is -0.168. The minimum Gasteiger partial charge on any atom is -0.458 e. The summed E-state index contributed by atoms with van der Waals surface area (Å²) < 4.78 is 10.6. The highest BCUT2D eigenvalue weighted by Crippen LogP contribution is 2.10. The van der Waals surface area contributed by atoms with Crippen molar-refractivity contribution in [2.24, 2.45) is 0 Å². The molecular weight excluding hydrogens is 306 g/mol. The van der Waals surface area contributed by atoms with Gasteiger partial charge in [0.2, 0.25) is 6.10 Å². The molecule has 126 valence electrons. The van der Waals surface area contributed by atoms with Gasteiger partial charge < -0.3 is 14.8 Å². The van der Waals surface area contributed by atoms with E-state index in [0.29, 0.717) is 0 Å². The van der Waals surface area contributed by atoms with Crippen molar-refractivity contribution in [2.45, 2.75) is 19.1 Å². The van der Waals surface area contributed by atoms with Crippen molar-refractivity contribution >= 4 is 11.9 Å². The maximum atomic E-state index is 12.3. The molecule has 0 saturated heterocycles. The average Bonchev–Trinajstić information content (AvgIpc) is 2.61. The normalized spacial score (nSPS) is 11.5. The SMILES string of the molecule is CNCC(=O)O[C@H](Cc1ccccc1)C(=O)OCc1ccccc1. The molecule has 1 N–H and O–H groups in total. The topological polar surface area (TPSA) is 64.6 Å². The third-order valence-electron chi connectivity index (χ3n) is 3.35. The Labute approximate surface area is 141 Å². The molecule has 0 radical (unpaired) electrons. The quantitative estimate of drug-likeness (QED) is 0.752. The molecule has 2 aromatic rings. The molecule has 24 heavy (non-hydrogen) atoms. The molecule has 2 aromatic carbocycles. The Kier molecular flexibility index (Phi) is 6.98. The summed E-state index contributed by atoms with van der Waals surface area (Å²) in [5, 5.41) is 2.71. The van der Waals surface area contributed by atoms with E-state index < -0.39 is 18.0 Å². The van der Waals surface area contributed by atoms with Crippen LogP contribution in [0.4, 0.5) is 0 Å². The Hall–Kier alpha value is -2.66. The van der Waals surface area contributed by atoms with E-state index in [2.05, 4.69) is 5.32 Å². The van der Waals surface area contributed by atoms with Crippen LogP contribution in [0.25, 0.3) is 0 Å². The number of rotatable bonds is 8. The van der Waals surface area contributed by atoms with Gasteiger partial charge in [-0.25, -0.2) is 4.79 Å². The predicted octanol–water partition coefficient (Wildman–Crippen LogP) is 2.10. The third-order valence-corrected chi connectivity index (χ3v) is 3.35. The minimum absolute atomic E-state index is 0.0389. The van der Waals surface area contributed by atoms with Crippen LogP contribution in [0, 0.1) is 0 Å². The van der Waals surface area contributed by atoms with Crippen LogP contribution in [0.5, 0.6) is 0 Å². The van der Waals surface area contributed by atoms with Crippen LogP contribution in [0.15, 0.2) is 60.7 Å². The molecule has 0 amide bonds. The van der Waals surface area contributed by atoms with Crippen molar-refractivity contribution in [3.8, 4) is 0 Å². The fourth-order valence-corrected chi connectivity index (χ4v) is 2.17.